The summed E-state index contributed by atoms with van der Waals surface area (Å²) in [6, 6.07) is 26.1. The fourth-order valence-electron chi connectivity index (χ4n) is 4.23. The van der Waals surface area contributed by atoms with Gasteiger partial charge in [0.1, 0.15) is 11.4 Å². The highest BCUT2D eigenvalue weighted by Gasteiger charge is 2.18. The summed E-state index contributed by atoms with van der Waals surface area (Å²) in [5, 5.41) is 5.55. The molecule has 0 fully saturated rings. The van der Waals surface area contributed by atoms with E-state index in [1.54, 1.807) is 84.9 Å². The number of Topliss-reactive ketones (excluding diaryl/α,β-unsaturated/α-hetero) is 1. The Balaban J connectivity index is 1.53. The van der Waals surface area contributed by atoms with Crippen molar-refractivity contribution >= 4 is 41.1 Å². The predicted octanol–water partition coefficient (Wildman–Crippen LogP) is 6.11. The maximum absolute atomic E-state index is 13.5. The molecule has 0 aromatic heterocycles. The summed E-state index contributed by atoms with van der Waals surface area (Å²) in [6.07, 6.45) is 1.52. The maximum atomic E-state index is 13.5. The van der Waals surface area contributed by atoms with E-state index in [-0.39, 0.29) is 17.2 Å². The fraction of sp³-hybridized carbons (Fsp3) is 0.147. The molecule has 9 nitrogen and oxygen atoms in total. The first-order valence-electron chi connectivity index (χ1n) is 13.4. The molecule has 0 aliphatic heterocycles. The molecule has 2 amide bonds. The standard InChI is InChI=1S/C34H32N2O7S/c1-40-29-13-9-8-12-26(29)28(37)21-44-25-16-14-24(15-17-25)35-34(39)27(36-33(38)23-10-6-5-7-11-23)18-22-19-30(41-2)32(43-4)31(20-22)42-3/h5-20H,21H2,1-4H3,(H,35,39)(H,36,38)/b27-18-. The molecule has 0 saturated carbocycles. The van der Waals surface area contributed by atoms with E-state index in [1.165, 1.54) is 46.3 Å². The molecule has 4 aromatic rings. The highest BCUT2D eigenvalue weighted by Crippen LogP contribution is 2.38. The number of benzene rings is 4. The Labute approximate surface area is 260 Å². The molecule has 0 aliphatic carbocycles. The van der Waals surface area contributed by atoms with Gasteiger partial charge in [0.25, 0.3) is 11.8 Å². The lowest BCUT2D eigenvalue weighted by molar-refractivity contribution is -0.113. The smallest absolute Gasteiger partial charge is 0.272 e. The van der Waals surface area contributed by atoms with Crippen LogP contribution in [0.5, 0.6) is 23.0 Å². The van der Waals surface area contributed by atoms with Crippen LogP contribution in [0.25, 0.3) is 6.08 Å². The lowest BCUT2D eigenvalue weighted by atomic mass is 10.1. The SMILES string of the molecule is COc1ccccc1C(=O)CSc1ccc(NC(=O)/C(=C/c2cc(OC)c(OC)c(OC)c2)NC(=O)c2ccccc2)cc1. The third kappa shape index (κ3) is 7.99. The number of carbonyl (C=O) groups is 3. The van der Waals surface area contributed by atoms with Gasteiger partial charge < -0.3 is 29.6 Å². The molecule has 0 unspecified atom stereocenters. The van der Waals surface area contributed by atoms with Gasteiger partial charge in [0.15, 0.2) is 17.3 Å². The minimum Gasteiger partial charge on any atom is -0.496 e. The van der Waals surface area contributed by atoms with Gasteiger partial charge in [0.05, 0.1) is 39.8 Å². The van der Waals surface area contributed by atoms with Crippen molar-refractivity contribution in [3.63, 3.8) is 0 Å². The third-order valence-electron chi connectivity index (χ3n) is 6.42. The number of rotatable bonds is 13. The van der Waals surface area contributed by atoms with Crippen molar-refractivity contribution in [3.05, 3.63) is 113 Å². The zero-order valence-corrected chi connectivity index (χ0v) is 25.5. The second kappa shape index (κ2) is 15.3. The quantitative estimate of drug-likeness (QED) is 0.106. The van der Waals surface area contributed by atoms with Crippen LogP contribution in [-0.2, 0) is 4.79 Å². The van der Waals surface area contributed by atoms with Crippen molar-refractivity contribution in [1.82, 2.24) is 5.32 Å². The number of carbonyl (C=O) groups excluding carboxylic acids is 3. The zero-order chi connectivity index (χ0) is 31.5. The van der Waals surface area contributed by atoms with E-state index in [2.05, 4.69) is 10.6 Å². The largest absolute Gasteiger partial charge is 0.496 e. The lowest BCUT2D eigenvalue weighted by Crippen LogP contribution is -2.30. The molecule has 226 valence electrons. The summed E-state index contributed by atoms with van der Waals surface area (Å²) in [5.74, 6) is 0.884. The summed E-state index contributed by atoms with van der Waals surface area (Å²) in [7, 11) is 6.01. The highest BCUT2D eigenvalue weighted by atomic mass is 32.2. The molecule has 0 bridgehead atoms. The minimum absolute atomic E-state index is 0.00557. The van der Waals surface area contributed by atoms with Crippen LogP contribution in [0.2, 0.25) is 0 Å². The van der Waals surface area contributed by atoms with Gasteiger partial charge in [-0.25, -0.2) is 0 Å². The van der Waals surface area contributed by atoms with Crippen molar-refractivity contribution in [2.45, 2.75) is 4.90 Å². The normalized spacial score (nSPS) is 10.9. The molecule has 10 heteroatoms. The molecule has 0 aliphatic rings. The van der Waals surface area contributed by atoms with Crippen LogP contribution >= 0.6 is 11.8 Å². The fourth-order valence-corrected chi connectivity index (χ4v) is 5.01. The Kier molecular flexibility index (Phi) is 11.0. The van der Waals surface area contributed by atoms with Crippen LogP contribution in [0.4, 0.5) is 5.69 Å². The Hall–Kier alpha value is -5.22. The number of thioether (sulfide) groups is 1. The number of hydrogen-bond acceptors (Lipinski definition) is 8. The van der Waals surface area contributed by atoms with Gasteiger partial charge in [-0.3, -0.25) is 14.4 Å². The Morgan fingerprint density at radius 3 is 1.95 bits per heavy atom. The van der Waals surface area contributed by atoms with E-state index in [1.807, 2.05) is 6.07 Å². The van der Waals surface area contributed by atoms with Crippen LogP contribution in [0.3, 0.4) is 0 Å². The summed E-state index contributed by atoms with van der Waals surface area (Å²) in [4.78, 5) is 40.1. The molecule has 2 N–H and O–H groups in total. The van der Waals surface area contributed by atoms with E-state index in [4.69, 9.17) is 18.9 Å². The van der Waals surface area contributed by atoms with Gasteiger partial charge in [-0.05, 0) is 72.3 Å². The first kappa shape index (κ1) is 31.7. The number of ketones is 1. The van der Waals surface area contributed by atoms with Gasteiger partial charge in [0.2, 0.25) is 5.75 Å². The number of anilines is 1. The van der Waals surface area contributed by atoms with Gasteiger partial charge in [-0.1, -0.05) is 30.3 Å². The van der Waals surface area contributed by atoms with Gasteiger partial charge in [0, 0.05) is 16.1 Å². The summed E-state index contributed by atoms with van der Waals surface area (Å²) in [6.45, 7) is 0. The van der Waals surface area contributed by atoms with Crippen LogP contribution in [-0.4, -0.2) is 51.8 Å². The van der Waals surface area contributed by atoms with Crippen LogP contribution in [0.1, 0.15) is 26.3 Å². The van der Waals surface area contributed by atoms with E-state index in [0.29, 0.717) is 45.4 Å². The number of methoxy groups -OCH3 is 4. The molecule has 4 aromatic carbocycles. The number of amides is 2. The van der Waals surface area contributed by atoms with Crippen molar-refractivity contribution in [2.75, 3.05) is 39.5 Å². The Morgan fingerprint density at radius 1 is 0.727 bits per heavy atom. The Morgan fingerprint density at radius 2 is 1.34 bits per heavy atom. The van der Waals surface area contributed by atoms with E-state index >= 15 is 0 Å². The Bertz CT molecular complexity index is 1630. The molecule has 0 heterocycles. The van der Waals surface area contributed by atoms with Gasteiger partial charge in [-0.15, -0.1) is 11.8 Å². The minimum atomic E-state index is -0.546. The van der Waals surface area contributed by atoms with Crippen LogP contribution in [0.15, 0.2) is 102 Å². The molecule has 0 atom stereocenters. The molecule has 0 spiro atoms. The summed E-state index contributed by atoms with van der Waals surface area (Å²) in [5.41, 5.74) is 1.94. The number of nitrogens with one attached hydrogen (secondary N) is 2. The van der Waals surface area contributed by atoms with E-state index < -0.39 is 11.8 Å². The molecular weight excluding hydrogens is 580 g/mol. The van der Waals surface area contributed by atoms with E-state index in [0.717, 1.165) is 4.90 Å². The molecule has 4 rings (SSSR count). The maximum Gasteiger partial charge on any atom is 0.272 e. The van der Waals surface area contributed by atoms with Crippen molar-refractivity contribution < 1.29 is 33.3 Å². The molecular formula is C34H32N2O7S. The topological polar surface area (TPSA) is 112 Å². The van der Waals surface area contributed by atoms with E-state index in [9.17, 15) is 14.4 Å². The van der Waals surface area contributed by atoms with Crippen LogP contribution in [0, 0.1) is 0 Å². The van der Waals surface area contributed by atoms with Gasteiger partial charge in [-0.2, -0.15) is 0 Å². The number of hydrogen-bond donors (Lipinski definition) is 2. The number of ether oxygens (including phenoxy) is 4. The van der Waals surface area contributed by atoms with Crippen molar-refractivity contribution in [2.24, 2.45) is 0 Å². The average Bonchev–Trinajstić information content (AvgIpc) is 3.07. The molecule has 0 saturated heterocycles. The zero-order valence-electron chi connectivity index (χ0n) is 24.7. The lowest BCUT2D eigenvalue weighted by Gasteiger charge is -2.15. The average molecular weight is 613 g/mol. The van der Waals surface area contributed by atoms with Gasteiger partial charge >= 0.3 is 0 Å². The third-order valence-corrected chi connectivity index (χ3v) is 7.43. The molecule has 44 heavy (non-hydrogen) atoms. The first-order valence-corrected chi connectivity index (χ1v) is 14.4. The van der Waals surface area contributed by atoms with Crippen molar-refractivity contribution in [3.8, 4) is 23.0 Å². The number of para-hydroxylation sites is 1. The second-order valence-electron chi connectivity index (χ2n) is 9.23. The molecule has 0 radical (unpaired) electrons. The first-order chi connectivity index (χ1) is 21.4. The van der Waals surface area contributed by atoms with Crippen LogP contribution < -0.4 is 29.6 Å². The van der Waals surface area contributed by atoms with Crippen molar-refractivity contribution in [1.29, 1.82) is 0 Å². The predicted molar refractivity (Wildman–Crippen MR) is 171 cm³/mol. The monoisotopic (exact) mass is 612 g/mol. The summed E-state index contributed by atoms with van der Waals surface area (Å²) < 4.78 is 21.6. The second-order valence-corrected chi connectivity index (χ2v) is 10.3. The summed E-state index contributed by atoms with van der Waals surface area (Å²) >= 11 is 1.37. The highest BCUT2D eigenvalue weighted by molar-refractivity contribution is 8.00.